The summed E-state index contributed by atoms with van der Waals surface area (Å²) in [6, 6.07) is 7.60. The van der Waals surface area contributed by atoms with E-state index in [1.807, 2.05) is 24.3 Å². The molecule has 4 nitrogen and oxygen atoms in total. The number of amides is 1. The Labute approximate surface area is 80.8 Å². The maximum atomic E-state index is 10.6. The van der Waals surface area contributed by atoms with E-state index >= 15 is 0 Å². The van der Waals surface area contributed by atoms with Gasteiger partial charge in [0, 0.05) is 11.6 Å². The van der Waals surface area contributed by atoms with E-state index in [1.165, 1.54) is 0 Å². The van der Waals surface area contributed by atoms with E-state index in [9.17, 15) is 4.79 Å². The highest BCUT2D eigenvalue weighted by Crippen LogP contribution is 2.09. The summed E-state index contributed by atoms with van der Waals surface area (Å²) in [5.41, 5.74) is 5.88. The number of hydrogen-bond acceptors (Lipinski definition) is 3. The Kier molecular flexibility index (Phi) is 2.10. The van der Waals surface area contributed by atoms with E-state index in [4.69, 9.17) is 5.73 Å². The summed E-state index contributed by atoms with van der Waals surface area (Å²) in [6.07, 6.45) is 1.78. The standard InChI is InChI=1S/C10H9N3O/c11-9(14)5-10-12-6-7-3-1-2-4-8(7)13-10/h1-4,6H,5H2,(H2,11,14). The van der Waals surface area contributed by atoms with E-state index in [0.29, 0.717) is 5.82 Å². The summed E-state index contributed by atoms with van der Waals surface area (Å²) >= 11 is 0. The van der Waals surface area contributed by atoms with E-state index in [0.717, 1.165) is 10.9 Å². The Morgan fingerprint density at radius 3 is 2.93 bits per heavy atom. The van der Waals surface area contributed by atoms with Gasteiger partial charge in [-0.1, -0.05) is 18.2 Å². The van der Waals surface area contributed by atoms with Crippen molar-refractivity contribution in [2.45, 2.75) is 6.42 Å². The lowest BCUT2D eigenvalue weighted by Crippen LogP contribution is -2.15. The minimum absolute atomic E-state index is 0.0881. The number of para-hydroxylation sites is 1. The van der Waals surface area contributed by atoms with Gasteiger partial charge in [-0.05, 0) is 6.07 Å². The summed E-state index contributed by atoms with van der Waals surface area (Å²) in [7, 11) is 0. The third kappa shape index (κ3) is 1.69. The number of rotatable bonds is 2. The first-order chi connectivity index (χ1) is 6.75. The van der Waals surface area contributed by atoms with Gasteiger partial charge in [-0.2, -0.15) is 0 Å². The maximum absolute atomic E-state index is 10.6. The molecule has 14 heavy (non-hydrogen) atoms. The normalized spacial score (nSPS) is 10.3. The molecule has 2 rings (SSSR count). The molecule has 0 bridgehead atoms. The van der Waals surface area contributed by atoms with Crippen LogP contribution in [-0.2, 0) is 11.2 Å². The molecule has 1 amide bonds. The van der Waals surface area contributed by atoms with Gasteiger partial charge >= 0.3 is 0 Å². The number of nitrogens with zero attached hydrogens (tertiary/aromatic N) is 2. The molecule has 0 spiro atoms. The first-order valence-corrected chi connectivity index (χ1v) is 4.24. The van der Waals surface area contributed by atoms with E-state index in [-0.39, 0.29) is 6.42 Å². The molecule has 70 valence electrons. The van der Waals surface area contributed by atoms with Crippen LogP contribution >= 0.6 is 0 Å². The molecule has 1 aromatic heterocycles. The average molecular weight is 187 g/mol. The first kappa shape index (κ1) is 8.62. The molecule has 0 aliphatic carbocycles. The van der Waals surface area contributed by atoms with Gasteiger partial charge in [-0.3, -0.25) is 4.79 Å². The number of carbonyl (C=O) groups excluding carboxylic acids is 1. The zero-order chi connectivity index (χ0) is 9.97. The van der Waals surface area contributed by atoms with Gasteiger partial charge in [0.25, 0.3) is 0 Å². The van der Waals surface area contributed by atoms with Gasteiger partial charge in [0.2, 0.25) is 5.91 Å². The first-order valence-electron chi connectivity index (χ1n) is 4.24. The van der Waals surface area contributed by atoms with Crippen molar-refractivity contribution in [1.82, 2.24) is 9.97 Å². The second kappa shape index (κ2) is 3.41. The largest absolute Gasteiger partial charge is 0.369 e. The van der Waals surface area contributed by atoms with Crippen LogP contribution in [0.5, 0.6) is 0 Å². The average Bonchev–Trinajstić information content (AvgIpc) is 2.17. The van der Waals surface area contributed by atoms with Crippen LogP contribution in [0.15, 0.2) is 30.5 Å². The van der Waals surface area contributed by atoms with Crippen LogP contribution in [0.1, 0.15) is 5.82 Å². The summed E-state index contributed by atoms with van der Waals surface area (Å²) in [4.78, 5) is 18.9. The molecule has 0 radical (unpaired) electrons. The van der Waals surface area contributed by atoms with E-state index in [2.05, 4.69) is 9.97 Å². The number of aromatic nitrogens is 2. The molecule has 0 unspecified atom stereocenters. The number of hydrogen-bond donors (Lipinski definition) is 1. The number of carbonyl (C=O) groups is 1. The Hall–Kier alpha value is -1.97. The van der Waals surface area contributed by atoms with Gasteiger partial charge in [-0.25, -0.2) is 9.97 Å². The lowest BCUT2D eigenvalue weighted by molar-refractivity contribution is -0.117. The summed E-state index contributed by atoms with van der Waals surface area (Å²) in [6.45, 7) is 0. The van der Waals surface area contributed by atoms with Gasteiger partial charge in [0.1, 0.15) is 5.82 Å². The predicted octanol–water partition coefficient (Wildman–Crippen LogP) is 0.658. The number of nitrogens with two attached hydrogens (primary N) is 1. The van der Waals surface area contributed by atoms with Crippen LogP contribution in [0.25, 0.3) is 10.9 Å². The molecule has 0 aliphatic heterocycles. The molecular formula is C10H9N3O. The van der Waals surface area contributed by atoms with Crippen molar-refractivity contribution in [2.24, 2.45) is 5.73 Å². The van der Waals surface area contributed by atoms with Crippen molar-refractivity contribution in [1.29, 1.82) is 0 Å². The van der Waals surface area contributed by atoms with Crippen LogP contribution in [0, 0.1) is 0 Å². The molecule has 2 N–H and O–H groups in total. The van der Waals surface area contributed by atoms with Crippen LogP contribution in [-0.4, -0.2) is 15.9 Å². The van der Waals surface area contributed by atoms with Gasteiger partial charge < -0.3 is 5.73 Å². The van der Waals surface area contributed by atoms with Crippen molar-refractivity contribution in [3.05, 3.63) is 36.3 Å². The minimum atomic E-state index is -0.416. The fraction of sp³-hybridized carbons (Fsp3) is 0.100. The fourth-order valence-corrected chi connectivity index (χ4v) is 1.25. The Morgan fingerprint density at radius 1 is 1.36 bits per heavy atom. The smallest absolute Gasteiger partial charge is 0.225 e. The van der Waals surface area contributed by atoms with Crippen molar-refractivity contribution >= 4 is 16.8 Å². The topological polar surface area (TPSA) is 68.9 Å². The molecule has 1 aromatic carbocycles. The molecule has 0 atom stereocenters. The second-order valence-corrected chi connectivity index (χ2v) is 2.99. The fourth-order valence-electron chi connectivity index (χ4n) is 1.25. The molecule has 0 saturated heterocycles. The van der Waals surface area contributed by atoms with Crippen molar-refractivity contribution in [2.75, 3.05) is 0 Å². The summed E-state index contributed by atoms with van der Waals surface area (Å²) in [5, 5.41) is 0.959. The van der Waals surface area contributed by atoms with Crippen LogP contribution in [0.2, 0.25) is 0 Å². The zero-order valence-corrected chi connectivity index (χ0v) is 7.47. The molecule has 2 aromatic rings. The third-order valence-corrected chi connectivity index (χ3v) is 1.87. The highest BCUT2D eigenvalue weighted by molar-refractivity contribution is 5.79. The van der Waals surface area contributed by atoms with Crippen LogP contribution < -0.4 is 5.73 Å². The number of primary amides is 1. The molecule has 4 heteroatoms. The Morgan fingerprint density at radius 2 is 2.14 bits per heavy atom. The van der Waals surface area contributed by atoms with Gasteiger partial charge in [0.05, 0.1) is 11.9 Å². The Balaban J connectivity index is 2.46. The summed E-state index contributed by atoms with van der Waals surface area (Å²) < 4.78 is 0. The lowest BCUT2D eigenvalue weighted by atomic mass is 10.2. The SMILES string of the molecule is NC(=O)Cc1ncc2ccccc2n1. The predicted molar refractivity (Wildman–Crippen MR) is 52.4 cm³/mol. The van der Waals surface area contributed by atoms with Crippen molar-refractivity contribution in [3.8, 4) is 0 Å². The molecule has 0 aliphatic rings. The minimum Gasteiger partial charge on any atom is -0.369 e. The number of benzene rings is 1. The van der Waals surface area contributed by atoms with E-state index in [1.54, 1.807) is 6.20 Å². The lowest BCUT2D eigenvalue weighted by Gasteiger charge is -1.98. The molecule has 1 heterocycles. The second-order valence-electron chi connectivity index (χ2n) is 2.99. The Bertz CT molecular complexity index is 482. The van der Waals surface area contributed by atoms with Gasteiger partial charge in [0.15, 0.2) is 0 Å². The molecule has 0 fully saturated rings. The van der Waals surface area contributed by atoms with Gasteiger partial charge in [-0.15, -0.1) is 0 Å². The number of fused-ring (bicyclic) bond motifs is 1. The highest BCUT2D eigenvalue weighted by atomic mass is 16.1. The zero-order valence-electron chi connectivity index (χ0n) is 7.47. The van der Waals surface area contributed by atoms with E-state index < -0.39 is 5.91 Å². The molecule has 0 saturated carbocycles. The molecular weight excluding hydrogens is 178 g/mol. The van der Waals surface area contributed by atoms with Crippen molar-refractivity contribution in [3.63, 3.8) is 0 Å². The third-order valence-electron chi connectivity index (χ3n) is 1.87. The highest BCUT2D eigenvalue weighted by Gasteiger charge is 2.02. The monoisotopic (exact) mass is 187 g/mol. The summed E-state index contributed by atoms with van der Waals surface area (Å²) in [5.74, 6) is 0.0523. The van der Waals surface area contributed by atoms with Crippen molar-refractivity contribution < 1.29 is 4.79 Å². The van der Waals surface area contributed by atoms with Crippen LogP contribution in [0.3, 0.4) is 0 Å². The quantitative estimate of drug-likeness (QED) is 0.750. The maximum Gasteiger partial charge on any atom is 0.225 e. The van der Waals surface area contributed by atoms with Crippen LogP contribution in [0.4, 0.5) is 0 Å².